The lowest BCUT2D eigenvalue weighted by Gasteiger charge is -2.29. The van der Waals surface area contributed by atoms with E-state index in [2.05, 4.69) is 17.1 Å². The van der Waals surface area contributed by atoms with E-state index in [1.807, 2.05) is 42.5 Å². The van der Waals surface area contributed by atoms with Crippen molar-refractivity contribution in [2.45, 2.75) is 43.4 Å². The molecule has 6 nitrogen and oxygen atoms in total. The predicted molar refractivity (Wildman–Crippen MR) is 111 cm³/mol. The molecule has 1 saturated heterocycles. The van der Waals surface area contributed by atoms with E-state index in [9.17, 15) is 8.42 Å². The minimum absolute atomic E-state index is 0.106. The summed E-state index contributed by atoms with van der Waals surface area (Å²) in [6.45, 7) is 3.03. The molecule has 1 fully saturated rings. The zero-order valence-electron chi connectivity index (χ0n) is 16.5. The Kier molecular flexibility index (Phi) is 5.78. The van der Waals surface area contributed by atoms with E-state index >= 15 is 0 Å². The average Bonchev–Trinajstić information content (AvgIpc) is 3.25. The summed E-state index contributed by atoms with van der Waals surface area (Å²) in [6.07, 6.45) is 3.37. The lowest BCUT2D eigenvalue weighted by molar-refractivity contribution is 0.307. The third-order valence-electron chi connectivity index (χ3n) is 5.38. The summed E-state index contributed by atoms with van der Waals surface area (Å²) in [5, 5.41) is 4.13. The van der Waals surface area contributed by atoms with E-state index < -0.39 is 10.0 Å². The van der Waals surface area contributed by atoms with Gasteiger partial charge in [-0.3, -0.25) is 0 Å². The molecule has 2 aromatic carbocycles. The summed E-state index contributed by atoms with van der Waals surface area (Å²) in [4.78, 5) is 4.89. The lowest BCUT2D eigenvalue weighted by Crippen LogP contribution is -2.38. The van der Waals surface area contributed by atoms with Crippen LogP contribution in [-0.2, 0) is 16.4 Å². The van der Waals surface area contributed by atoms with Gasteiger partial charge in [-0.25, -0.2) is 8.42 Å². The van der Waals surface area contributed by atoms with Gasteiger partial charge in [0.05, 0.1) is 4.90 Å². The highest BCUT2D eigenvalue weighted by Crippen LogP contribution is 2.30. The van der Waals surface area contributed by atoms with Gasteiger partial charge < -0.3 is 4.52 Å². The second-order valence-electron chi connectivity index (χ2n) is 7.40. The molecule has 0 radical (unpaired) electrons. The van der Waals surface area contributed by atoms with Gasteiger partial charge in [0.25, 0.3) is 5.89 Å². The molecule has 152 valence electrons. The topological polar surface area (TPSA) is 76.3 Å². The van der Waals surface area contributed by atoms with E-state index in [4.69, 9.17) is 4.52 Å². The first-order valence-corrected chi connectivity index (χ1v) is 11.5. The molecule has 1 aliphatic heterocycles. The van der Waals surface area contributed by atoms with Crippen molar-refractivity contribution in [3.05, 3.63) is 66.0 Å². The number of hydrogen-bond acceptors (Lipinski definition) is 5. The summed E-state index contributed by atoms with van der Waals surface area (Å²) in [6, 6.07) is 16.9. The van der Waals surface area contributed by atoms with Gasteiger partial charge in [0.1, 0.15) is 0 Å². The summed E-state index contributed by atoms with van der Waals surface area (Å²) >= 11 is 0. The normalized spacial score (nSPS) is 16.2. The maximum absolute atomic E-state index is 13.0. The zero-order valence-corrected chi connectivity index (χ0v) is 17.3. The number of nitrogens with zero attached hydrogens (tertiary/aromatic N) is 3. The second kappa shape index (κ2) is 8.47. The van der Waals surface area contributed by atoms with Gasteiger partial charge in [-0.05, 0) is 49.1 Å². The van der Waals surface area contributed by atoms with Gasteiger partial charge in [-0.1, -0.05) is 48.8 Å². The third kappa shape index (κ3) is 4.26. The van der Waals surface area contributed by atoms with Gasteiger partial charge >= 0.3 is 0 Å². The number of piperidine rings is 1. The molecular formula is C22H25N3O3S. The molecule has 7 heteroatoms. The first kappa shape index (κ1) is 19.8. The molecule has 1 aromatic heterocycles. The number of aromatic nitrogens is 2. The maximum atomic E-state index is 13.0. The number of rotatable bonds is 6. The number of sulfonamides is 1. The standard InChI is InChI=1S/C22H25N3O3S/c1-2-6-17-9-11-20(12-10-17)29(26,27)25-15-13-18(14-16-25)21-23-22(28-24-21)19-7-4-3-5-8-19/h3-5,7-12,18H,2,6,13-16H2,1H3. The Morgan fingerprint density at radius 3 is 2.38 bits per heavy atom. The molecule has 1 aliphatic rings. The number of hydrogen-bond donors (Lipinski definition) is 0. The zero-order chi connectivity index (χ0) is 20.3. The molecular weight excluding hydrogens is 386 g/mol. The van der Waals surface area contributed by atoms with Gasteiger partial charge in [0.15, 0.2) is 5.82 Å². The molecule has 3 aromatic rings. The summed E-state index contributed by atoms with van der Waals surface area (Å²) in [5.74, 6) is 1.27. The van der Waals surface area contributed by atoms with E-state index in [-0.39, 0.29) is 5.92 Å². The first-order valence-electron chi connectivity index (χ1n) is 10.1. The molecule has 0 aliphatic carbocycles. The molecule has 0 amide bonds. The van der Waals surface area contributed by atoms with Crippen LogP contribution < -0.4 is 0 Å². The first-order chi connectivity index (χ1) is 14.1. The summed E-state index contributed by atoms with van der Waals surface area (Å²) in [5.41, 5.74) is 2.05. The predicted octanol–water partition coefficient (Wildman–Crippen LogP) is 4.26. The van der Waals surface area contributed by atoms with Crippen LogP contribution >= 0.6 is 0 Å². The molecule has 0 atom stereocenters. The molecule has 0 unspecified atom stereocenters. The van der Waals surface area contributed by atoms with Crippen molar-refractivity contribution < 1.29 is 12.9 Å². The van der Waals surface area contributed by atoms with Crippen molar-refractivity contribution in [2.75, 3.05) is 13.1 Å². The molecule has 0 saturated carbocycles. The molecule has 0 N–H and O–H groups in total. The Hall–Kier alpha value is -2.51. The average molecular weight is 412 g/mol. The molecule has 29 heavy (non-hydrogen) atoms. The van der Waals surface area contributed by atoms with Crippen molar-refractivity contribution in [1.29, 1.82) is 0 Å². The minimum Gasteiger partial charge on any atom is -0.334 e. The highest BCUT2D eigenvalue weighted by atomic mass is 32.2. The Morgan fingerprint density at radius 1 is 1.03 bits per heavy atom. The van der Waals surface area contributed by atoms with Gasteiger partial charge in [-0.2, -0.15) is 9.29 Å². The van der Waals surface area contributed by atoms with Crippen LogP contribution in [0, 0.1) is 0 Å². The highest BCUT2D eigenvalue weighted by Gasteiger charge is 2.31. The fourth-order valence-electron chi connectivity index (χ4n) is 3.72. The molecule has 0 bridgehead atoms. The Morgan fingerprint density at radius 2 is 1.72 bits per heavy atom. The number of benzene rings is 2. The van der Waals surface area contributed by atoms with Crippen molar-refractivity contribution in [1.82, 2.24) is 14.4 Å². The van der Waals surface area contributed by atoms with Crippen LogP contribution in [0.5, 0.6) is 0 Å². The summed E-state index contributed by atoms with van der Waals surface area (Å²) < 4.78 is 32.9. The molecule has 2 heterocycles. The minimum atomic E-state index is -3.47. The van der Waals surface area contributed by atoms with Crippen molar-refractivity contribution >= 4 is 10.0 Å². The number of aryl methyl sites for hydroxylation is 1. The van der Waals surface area contributed by atoms with Crippen LogP contribution in [0.4, 0.5) is 0 Å². The van der Waals surface area contributed by atoms with Crippen LogP contribution in [0.25, 0.3) is 11.5 Å². The van der Waals surface area contributed by atoms with Crippen LogP contribution in [0.15, 0.2) is 64.0 Å². The molecule has 4 rings (SSSR count). The quantitative estimate of drug-likeness (QED) is 0.606. The monoisotopic (exact) mass is 411 g/mol. The van der Waals surface area contributed by atoms with Gasteiger partial charge in [-0.15, -0.1) is 0 Å². The Labute approximate surface area is 171 Å². The third-order valence-corrected chi connectivity index (χ3v) is 7.29. The van der Waals surface area contributed by atoms with Crippen LogP contribution in [0.2, 0.25) is 0 Å². The fourth-order valence-corrected chi connectivity index (χ4v) is 5.19. The smallest absolute Gasteiger partial charge is 0.257 e. The van der Waals surface area contributed by atoms with Crippen molar-refractivity contribution in [3.8, 4) is 11.5 Å². The fraction of sp³-hybridized carbons (Fsp3) is 0.364. The SMILES string of the molecule is CCCc1ccc(S(=O)(=O)N2CCC(c3noc(-c4ccccc4)n3)CC2)cc1. The highest BCUT2D eigenvalue weighted by molar-refractivity contribution is 7.89. The van der Waals surface area contributed by atoms with E-state index in [0.29, 0.717) is 42.5 Å². The van der Waals surface area contributed by atoms with Crippen LogP contribution in [-0.4, -0.2) is 36.0 Å². The van der Waals surface area contributed by atoms with Crippen LogP contribution in [0.1, 0.15) is 43.5 Å². The van der Waals surface area contributed by atoms with Crippen molar-refractivity contribution in [2.24, 2.45) is 0 Å². The van der Waals surface area contributed by atoms with Crippen molar-refractivity contribution in [3.63, 3.8) is 0 Å². The Balaban J connectivity index is 1.42. The second-order valence-corrected chi connectivity index (χ2v) is 9.33. The van der Waals surface area contributed by atoms with E-state index in [1.165, 1.54) is 0 Å². The van der Waals surface area contributed by atoms with E-state index in [0.717, 1.165) is 24.0 Å². The van der Waals surface area contributed by atoms with E-state index in [1.54, 1.807) is 16.4 Å². The van der Waals surface area contributed by atoms with Gasteiger partial charge in [0, 0.05) is 24.6 Å². The van der Waals surface area contributed by atoms with Crippen LogP contribution in [0.3, 0.4) is 0 Å². The summed E-state index contributed by atoms with van der Waals surface area (Å²) in [7, 11) is -3.47. The largest absolute Gasteiger partial charge is 0.334 e. The maximum Gasteiger partial charge on any atom is 0.257 e. The lowest BCUT2D eigenvalue weighted by atomic mass is 9.97. The van der Waals surface area contributed by atoms with Gasteiger partial charge in [0.2, 0.25) is 10.0 Å². The molecule has 0 spiro atoms. The Bertz CT molecular complexity index is 1040.